The first kappa shape index (κ1) is 11.3. The second kappa shape index (κ2) is 5.87. The SMILES string of the molecule is CCCC/C=C(C)/C(C)=C(\C)O. The van der Waals surface area contributed by atoms with Crippen LogP contribution in [-0.4, -0.2) is 5.11 Å². The predicted molar refractivity (Wildman–Crippen MR) is 54.3 cm³/mol. The van der Waals surface area contributed by atoms with Gasteiger partial charge in [-0.2, -0.15) is 0 Å². The zero-order valence-corrected chi connectivity index (χ0v) is 8.65. The molecule has 0 saturated heterocycles. The minimum Gasteiger partial charge on any atom is -0.512 e. The zero-order chi connectivity index (χ0) is 9.56. The van der Waals surface area contributed by atoms with E-state index in [4.69, 9.17) is 0 Å². The summed E-state index contributed by atoms with van der Waals surface area (Å²) in [7, 11) is 0. The number of unbranched alkanes of at least 4 members (excludes halogenated alkanes) is 2. The molecular formula is C11H20O. The Morgan fingerprint density at radius 2 is 1.83 bits per heavy atom. The first-order valence-corrected chi connectivity index (χ1v) is 4.63. The molecule has 12 heavy (non-hydrogen) atoms. The topological polar surface area (TPSA) is 20.2 Å². The summed E-state index contributed by atoms with van der Waals surface area (Å²) in [6.45, 7) is 7.91. The average Bonchev–Trinajstić information content (AvgIpc) is 2.03. The molecule has 1 nitrogen and oxygen atoms in total. The van der Waals surface area contributed by atoms with Gasteiger partial charge in [0.05, 0.1) is 5.76 Å². The van der Waals surface area contributed by atoms with Gasteiger partial charge in [0.2, 0.25) is 0 Å². The molecule has 0 bridgehead atoms. The average molecular weight is 168 g/mol. The fourth-order valence-corrected chi connectivity index (χ4v) is 0.961. The van der Waals surface area contributed by atoms with Crippen LogP contribution >= 0.6 is 0 Å². The molecule has 0 aliphatic heterocycles. The Labute approximate surface area is 75.8 Å². The van der Waals surface area contributed by atoms with Crippen LogP contribution in [0.2, 0.25) is 0 Å². The molecule has 0 spiro atoms. The van der Waals surface area contributed by atoms with E-state index >= 15 is 0 Å². The number of hydrogen-bond acceptors (Lipinski definition) is 1. The number of aliphatic hydroxyl groups excluding tert-OH is 1. The van der Waals surface area contributed by atoms with E-state index in [0.717, 1.165) is 12.0 Å². The van der Waals surface area contributed by atoms with Crippen molar-refractivity contribution in [3.63, 3.8) is 0 Å². The van der Waals surface area contributed by atoms with Crippen molar-refractivity contribution in [3.8, 4) is 0 Å². The van der Waals surface area contributed by atoms with Crippen LogP contribution in [0.4, 0.5) is 0 Å². The fraction of sp³-hybridized carbons (Fsp3) is 0.636. The first-order chi connectivity index (χ1) is 5.59. The van der Waals surface area contributed by atoms with E-state index in [1.807, 2.05) is 13.8 Å². The third kappa shape index (κ3) is 4.22. The van der Waals surface area contributed by atoms with Gasteiger partial charge in [-0.25, -0.2) is 0 Å². The third-order valence-electron chi connectivity index (χ3n) is 2.14. The Morgan fingerprint density at radius 3 is 2.25 bits per heavy atom. The molecule has 1 N–H and O–H groups in total. The molecule has 0 amide bonds. The number of hydrogen-bond donors (Lipinski definition) is 1. The van der Waals surface area contributed by atoms with Crippen LogP contribution in [0, 0.1) is 0 Å². The minimum atomic E-state index is 0.431. The lowest BCUT2D eigenvalue weighted by atomic mass is 10.1. The van der Waals surface area contributed by atoms with E-state index in [-0.39, 0.29) is 0 Å². The molecule has 0 aliphatic carbocycles. The van der Waals surface area contributed by atoms with Gasteiger partial charge in [0.1, 0.15) is 0 Å². The standard InChI is InChI=1S/C11H20O/c1-5-6-7-8-9(2)10(3)11(4)12/h8,12H,5-7H2,1-4H3/b9-8+,11-10+. The lowest BCUT2D eigenvalue weighted by molar-refractivity contribution is 0.408. The molecule has 0 rings (SSSR count). The van der Waals surface area contributed by atoms with Crippen LogP contribution in [0.3, 0.4) is 0 Å². The fourth-order valence-electron chi connectivity index (χ4n) is 0.961. The van der Waals surface area contributed by atoms with Crippen molar-refractivity contribution in [3.05, 3.63) is 23.0 Å². The van der Waals surface area contributed by atoms with Crippen molar-refractivity contribution < 1.29 is 5.11 Å². The molecule has 0 fully saturated rings. The smallest absolute Gasteiger partial charge is 0.0923 e. The van der Waals surface area contributed by atoms with Crippen LogP contribution in [0.1, 0.15) is 47.0 Å². The molecule has 70 valence electrons. The third-order valence-corrected chi connectivity index (χ3v) is 2.14. The molecule has 0 unspecified atom stereocenters. The van der Waals surface area contributed by atoms with Gasteiger partial charge >= 0.3 is 0 Å². The predicted octanol–water partition coefficient (Wildman–Crippen LogP) is 3.97. The van der Waals surface area contributed by atoms with Gasteiger partial charge in [0.15, 0.2) is 0 Å². The van der Waals surface area contributed by atoms with Crippen molar-refractivity contribution >= 4 is 0 Å². The maximum Gasteiger partial charge on any atom is 0.0923 e. The van der Waals surface area contributed by atoms with E-state index in [2.05, 4.69) is 13.0 Å². The van der Waals surface area contributed by atoms with Crippen molar-refractivity contribution in [2.45, 2.75) is 47.0 Å². The number of aliphatic hydroxyl groups is 1. The van der Waals surface area contributed by atoms with Crippen molar-refractivity contribution in [1.82, 2.24) is 0 Å². The second-order valence-corrected chi connectivity index (χ2v) is 3.24. The quantitative estimate of drug-likeness (QED) is 0.382. The van der Waals surface area contributed by atoms with Crippen LogP contribution in [-0.2, 0) is 0 Å². The summed E-state index contributed by atoms with van der Waals surface area (Å²) < 4.78 is 0. The number of allylic oxidation sites excluding steroid dienone is 4. The summed E-state index contributed by atoms with van der Waals surface area (Å²) >= 11 is 0. The zero-order valence-electron chi connectivity index (χ0n) is 8.65. The van der Waals surface area contributed by atoms with E-state index < -0.39 is 0 Å². The van der Waals surface area contributed by atoms with E-state index in [0.29, 0.717) is 5.76 Å². The Balaban J connectivity index is 4.10. The summed E-state index contributed by atoms with van der Waals surface area (Å²) in [4.78, 5) is 0. The van der Waals surface area contributed by atoms with Gasteiger partial charge in [0.25, 0.3) is 0 Å². The van der Waals surface area contributed by atoms with E-state index in [1.165, 1.54) is 18.4 Å². The molecule has 1 heteroatoms. The Hall–Kier alpha value is -0.720. The maximum atomic E-state index is 9.19. The normalized spacial score (nSPS) is 14.5. The van der Waals surface area contributed by atoms with Crippen LogP contribution < -0.4 is 0 Å². The van der Waals surface area contributed by atoms with Gasteiger partial charge in [-0.15, -0.1) is 0 Å². The minimum absolute atomic E-state index is 0.431. The molecule has 0 aromatic carbocycles. The van der Waals surface area contributed by atoms with Crippen LogP contribution in [0.15, 0.2) is 23.0 Å². The molecule has 0 atom stereocenters. The highest BCUT2D eigenvalue weighted by molar-refractivity contribution is 5.28. The van der Waals surface area contributed by atoms with Gasteiger partial charge in [-0.3, -0.25) is 0 Å². The van der Waals surface area contributed by atoms with Crippen molar-refractivity contribution in [2.75, 3.05) is 0 Å². The van der Waals surface area contributed by atoms with Gasteiger partial charge in [0, 0.05) is 0 Å². The second-order valence-electron chi connectivity index (χ2n) is 3.24. The first-order valence-electron chi connectivity index (χ1n) is 4.63. The lowest BCUT2D eigenvalue weighted by Gasteiger charge is -2.02. The highest BCUT2D eigenvalue weighted by Gasteiger charge is 1.95. The largest absolute Gasteiger partial charge is 0.512 e. The molecule has 0 heterocycles. The highest BCUT2D eigenvalue weighted by atomic mass is 16.3. The summed E-state index contributed by atoms with van der Waals surface area (Å²) in [6, 6.07) is 0. The van der Waals surface area contributed by atoms with Gasteiger partial charge < -0.3 is 5.11 Å². The number of rotatable bonds is 4. The molecule has 0 aromatic heterocycles. The van der Waals surface area contributed by atoms with E-state index in [1.54, 1.807) is 6.92 Å². The molecule has 0 aromatic rings. The molecule has 0 saturated carbocycles. The summed E-state index contributed by atoms with van der Waals surface area (Å²) in [5, 5.41) is 9.19. The summed E-state index contributed by atoms with van der Waals surface area (Å²) in [6.07, 6.45) is 5.77. The molecule has 0 aliphatic rings. The highest BCUT2D eigenvalue weighted by Crippen LogP contribution is 2.13. The van der Waals surface area contributed by atoms with Crippen molar-refractivity contribution in [2.24, 2.45) is 0 Å². The maximum absolute atomic E-state index is 9.19. The Kier molecular flexibility index (Phi) is 5.52. The molecular weight excluding hydrogens is 148 g/mol. The Morgan fingerprint density at radius 1 is 1.25 bits per heavy atom. The van der Waals surface area contributed by atoms with E-state index in [9.17, 15) is 5.11 Å². The monoisotopic (exact) mass is 168 g/mol. The summed E-state index contributed by atoms with van der Waals surface area (Å²) in [5.41, 5.74) is 2.20. The lowest BCUT2D eigenvalue weighted by Crippen LogP contribution is -1.85. The summed E-state index contributed by atoms with van der Waals surface area (Å²) in [5.74, 6) is 0.431. The van der Waals surface area contributed by atoms with Crippen LogP contribution in [0.25, 0.3) is 0 Å². The van der Waals surface area contributed by atoms with Gasteiger partial charge in [-0.1, -0.05) is 25.8 Å². The van der Waals surface area contributed by atoms with Gasteiger partial charge in [-0.05, 0) is 38.3 Å². The van der Waals surface area contributed by atoms with Crippen molar-refractivity contribution in [1.29, 1.82) is 0 Å². The molecule has 0 radical (unpaired) electrons. The Bertz CT molecular complexity index is 183. The van der Waals surface area contributed by atoms with Crippen LogP contribution in [0.5, 0.6) is 0 Å².